The minimum Gasteiger partial charge on any atom is -0.484 e. The quantitative estimate of drug-likeness (QED) is 0.853. The van der Waals surface area contributed by atoms with E-state index in [4.69, 9.17) is 16.3 Å². The highest BCUT2D eigenvalue weighted by atomic mass is 35.5. The number of carbonyl (C=O) groups is 1. The first-order valence-corrected chi connectivity index (χ1v) is 7.87. The van der Waals surface area contributed by atoms with Crippen molar-refractivity contribution < 1.29 is 9.53 Å². The monoisotopic (exact) mass is 315 g/mol. The molecule has 2 aromatic carbocycles. The summed E-state index contributed by atoms with van der Waals surface area (Å²) in [6.07, 6.45) is 2.19. The Morgan fingerprint density at radius 2 is 1.73 bits per heavy atom. The summed E-state index contributed by atoms with van der Waals surface area (Å²) in [4.78, 5) is 13.9. The highest BCUT2D eigenvalue weighted by molar-refractivity contribution is 6.30. The molecule has 0 N–H and O–H groups in total. The van der Waals surface area contributed by atoms with Crippen molar-refractivity contribution in [1.29, 1.82) is 0 Å². The summed E-state index contributed by atoms with van der Waals surface area (Å²) in [6, 6.07) is 15.4. The second kappa shape index (κ2) is 6.84. The fourth-order valence-electron chi connectivity index (χ4n) is 2.64. The van der Waals surface area contributed by atoms with Crippen LogP contribution in [-0.4, -0.2) is 30.5 Å². The van der Waals surface area contributed by atoms with E-state index in [1.165, 1.54) is 0 Å². The zero-order valence-electron chi connectivity index (χ0n) is 12.3. The first-order valence-electron chi connectivity index (χ1n) is 7.49. The molecular weight excluding hydrogens is 298 g/mol. The Kier molecular flexibility index (Phi) is 4.64. The zero-order valence-corrected chi connectivity index (χ0v) is 13.1. The van der Waals surface area contributed by atoms with Gasteiger partial charge in [0.05, 0.1) is 0 Å². The van der Waals surface area contributed by atoms with Crippen LogP contribution in [0.3, 0.4) is 0 Å². The molecule has 1 amide bonds. The highest BCUT2D eigenvalue weighted by Crippen LogP contribution is 2.26. The first kappa shape index (κ1) is 14.9. The summed E-state index contributed by atoms with van der Waals surface area (Å²) >= 11 is 6.03. The molecule has 114 valence electrons. The van der Waals surface area contributed by atoms with Gasteiger partial charge in [0.15, 0.2) is 6.61 Å². The number of rotatable bonds is 4. The maximum absolute atomic E-state index is 12.0. The van der Waals surface area contributed by atoms with Crippen LogP contribution < -0.4 is 4.74 Å². The molecular formula is C18H18ClNO2. The minimum atomic E-state index is 0.0608. The summed E-state index contributed by atoms with van der Waals surface area (Å²) in [6.45, 7) is 1.80. The number of benzene rings is 2. The van der Waals surface area contributed by atoms with Crippen molar-refractivity contribution in [3.8, 4) is 16.9 Å². The highest BCUT2D eigenvalue weighted by Gasteiger charge is 2.18. The van der Waals surface area contributed by atoms with E-state index in [0.717, 1.165) is 37.1 Å². The molecule has 0 aromatic heterocycles. The smallest absolute Gasteiger partial charge is 0.260 e. The fourth-order valence-corrected chi connectivity index (χ4v) is 2.83. The topological polar surface area (TPSA) is 29.5 Å². The van der Waals surface area contributed by atoms with E-state index in [0.29, 0.717) is 10.8 Å². The Morgan fingerprint density at radius 3 is 2.45 bits per heavy atom. The van der Waals surface area contributed by atoms with Crippen molar-refractivity contribution in [3.63, 3.8) is 0 Å². The van der Waals surface area contributed by atoms with E-state index in [-0.39, 0.29) is 12.5 Å². The Labute approximate surface area is 135 Å². The van der Waals surface area contributed by atoms with Crippen LogP contribution in [0.5, 0.6) is 5.75 Å². The van der Waals surface area contributed by atoms with Crippen molar-refractivity contribution in [2.75, 3.05) is 19.7 Å². The molecule has 0 atom stereocenters. The Morgan fingerprint density at radius 1 is 1.05 bits per heavy atom. The fraction of sp³-hybridized carbons (Fsp3) is 0.278. The third-order valence-electron chi connectivity index (χ3n) is 3.81. The lowest BCUT2D eigenvalue weighted by molar-refractivity contribution is -0.132. The summed E-state index contributed by atoms with van der Waals surface area (Å²) < 4.78 is 5.65. The average molecular weight is 316 g/mol. The number of amides is 1. The van der Waals surface area contributed by atoms with Gasteiger partial charge >= 0.3 is 0 Å². The number of likely N-dealkylation sites (tertiary alicyclic amines) is 1. The summed E-state index contributed by atoms with van der Waals surface area (Å²) in [5.41, 5.74) is 2.05. The van der Waals surface area contributed by atoms with Crippen LogP contribution in [0.1, 0.15) is 12.8 Å². The van der Waals surface area contributed by atoms with E-state index in [2.05, 4.69) is 0 Å². The van der Waals surface area contributed by atoms with E-state index in [1.807, 2.05) is 53.4 Å². The summed E-state index contributed by atoms with van der Waals surface area (Å²) in [7, 11) is 0. The molecule has 1 saturated heterocycles. The molecule has 1 aliphatic rings. The molecule has 0 radical (unpaired) electrons. The molecule has 0 saturated carbocycles. The normalized spacial score (nSPS) is 14.1. The van der Waals surface area contributed by atoms with Gasteiger partial charge in [-0.1, -0.05) is 35.9 Å². The molecule has 3 rings (SSSR count). The van der Waals surface area contributed by atoms with Gasteiger partial charge in [0.1, 0.15) is 5.75 Å². The first-order chi connectivity index (χ1) is 10.7. The molecule has 4 heteroatoms. The molecule has 0 unspecified atom stereocenters. The summed E-state index contributed by atoms with van der Waals surface area (Å²) in [5, 5.41) is 0.702. The second-order valence-electron chi connectivity index (χ2n) is 5.41. The predicted molar refractivity (Wildman–Crippen MR) is 88.2 cm³/mol. The van der Waals surface area contributed by atoms with Gasteiger partial charge < -0.3 is 9.64 Å². The van der Waals surface area contributed by atoms with Gasteiger partial charge in [-0.25, -0.2) is 0 Å². The standard InChI is InChI=1S/C18H18ClNO2/c19-16-7-3-5-14(11-16)15-6-4-8-17(12-15)22-13-18(21)20-9-1-2-10-20/h3-8,11-12H,1-2,9-10,13H2. The van der Waals surface area contributed by atoms with Crippen molar-refractivity contribution in [2.45, 2.75) is 12.8 Å². The average Bonchev–Trinajstić information content (AvgIpc) is 3.07. The molecule has 3 nitrogen and oxygen atoms in total. The lowest BCUT2D eigenvalue weighted by Crippen LogP contribution is -2.32. The van der Waals surface area contributed by atoms with E-state index in [9.17, 15) is 4.79 Å². The van der Waals surface area contributed by atoms with Crippen molar-refractivity contribution in [2.24, 2.45) is 0 Å². The van der Waals surface area contributed by atoms with E-state index in [1.54, 1.807) is 0 Å². The van der Waals surface area contributed by atoms with Gasteiger partial charge in [0.25, 0.3) is 5.91 Å². The third kappa shape index (κ3) is 3.60. The van der Waals surface area contributed by atoms with Crippen LogP contribution >= 0.6 is 11.6 Å². The van der Waals surface area contributed by atoms with E-state index >= 15 is 0 Å². The number of nitrogens with zero attached hydrogens (tertiary/aromatic N) is 1. The third-order valence-corrected chi connectivity index (χ3v) is 4.05. The van der Waals surface area contributed by atoms with Gasteiger partial charge in [0, 0.05) is 18.1 Å². The van der Waals surface area contributed by atoms with Gasteiger partial charge in [-0.05, 0) is 48.2 Å². The molecule has 0 bridgehead atoms. The van der Waals surface area contributed by atoms with Crippen LogP contribution in [-0.2, 0) is 4.79 Å². The van der Waals surface area contributed by atoms with Crippen LogP contribution in [0, 0.1) is 0 Å². The van der Waals surface area contributed by atoms with Gasteiger partial charge in [-0.2, -0.15) is 0 Å². The Hall–Kier alpha value is -2.00. The molecule has 1 heterocycles. The zero-order chi connectivity index (χ0) is 15.4. The molecule has 1 fully saturated rings. The Bertz CT molecular complexity index is 666. The molecule has 0 spiro atoms. The lowest BCUT2D eigenvalue weighted by Gasteiger charge is -2.15. The maximum atomic E-state index is 12.0. The molecule has 1 aliphatic heterocycles. The van der Waals surface area contributed by atoms with E-state index < -0.39 is 0 Å². The lowest BCUT2D eigenvalue weighted by atomic mass is 10.1. The molecule has 22 heavy (non-hydrogen) atoms. The molecule has 2 aromatic rings. The number of hydrogen-bond donors (Lipinski definition) is 0. The number of ether oxygens (including phenoxy) is 1. The van der Waals surface area contributed by atoms with Crippen molar-refractivity contribution in [3.05, 3.63) is 53.6 Å². The minimum absolute atomic E-state index is 0.0608. The predicted octanol–water partition coefficient (Wildman–Crippen LogP) is 4.01. The SMILES string of the molecule is O=C(COc1cccc(-c2cccc(Cl)c2)c1)N1CCCC1. The number of hydrogen-bond acceptors (Lipinski definition) is 2. The molecule has 0 aliphatic carbocycles. The van der Waals surface area contributed by atoms with Gasteiger partial charge in [0.2, 0.25) is 0 Å². The summed E-state index contributed by atoms with van der Waals surface area (Å²) in [5.74, 6) is 0.760. The van der Waals surface area contributed by atoms with Gasteiger partial charge in [-0.3, -0.25) is 4.79 Å². The van der Waals surface area contributed by atoms with Crippen LogP contribution in [0.25, 0.3) is 11.1 Å². The second-order valence-corrected chi connectivity index (χ2v) is 5.85. The van der Waals surface area contributed by atoms with Crippen LogP contribution in [0.4, 0.5) is 0 Å². The van der Waals surface area contributed by atoms with Crippen LogP contribution in [0.2, 0.25) is 5.02 Å². The van der Waals surface area contributed by atoms with Crippen LogP contribution in [0.15, 0.2) is 48.5 Å². The van der Waals surface area contributed by atoms with Crippen molar-refractivity contribution in [1.82, 2.24) is 4.90 Å². The van der Waals surface area contributed by atoms with Gasteiger partial charge in [-0.15, -0.1) is 0 Å². The van der Waals surface area contributed by atoms with Crippen molar-refractivity contribution >= 4 is 17.5 Å². The maximum Gasteiger partial charge on any atom is 0.260 e. The number of carbonyl (C=O) groups excluding carboxylic acids is 1. The largest absolute Gasteiger partial charge is 0.484 e. The Balaban J connectivity index is 1.67. The number of halogens is 1.